The third kappa shape index (κ3) is 4.50. The van der Waals surface area contributed by atoms with Crippen LogP contribution in [0.4, 0.5) is 0 Å². The maximum atomic E-state index is 12.5. The lowest BCUT2D eigenvalue weighted by Crippen LogP contribution is -2.38. The van der Waals surface area contributed by atoms with Gasteiger partial charge in [0, 0.05) is 30.0 Å². The zero-order valence-corrected chi connectivity index (χ0v) is 14.2. The first-order chi connectivity index (χ1) is 10.0. The Labute approximate surface area is 131 Å². The molecule has 2 atom stereocenters. The van der Waals surface area contributed by atoms with Gasteiger partial charge >= 0.3 is 0 Å². The molecule has 5 nitrogen and oxygen atoms in total. The van der Waals surface area contributed by atoms with E-state index in [0.717, 1.165) is 30.9 Å². The minimum absolute atomic E-state index is 0.103. The number of ether oxygens (including phenoxy) is 1. The average Bonchev–Trinajstić information content (AvgIpc) is 3.10. The lowest BCUT2D eigenvalue weighted by molar-refractivity contribution is 0.180. The van der Waals surface area contributed by atoms with Gasteiger partial charge < -0.3 is 10.1 Å². The summed E-state index contributed by atoms with van der Waals surface area (Å²) in [7, 11) is -3.46. The second-order valence-corrected chi connectivity index (χ2v) is 8.10. The van der Waals surface area contributed by atoms with Crippen LogP contribution in [0.2, 0.25) is 0 Å². The number of thiophene rings is 1. The van der Waals surface area contributed by atoms with E-state index in [1.165, 1.54) is 11.3 Å². The average molecular weight is 332 g/mol. The van der Waals surface area contributed by atoms with Gasteiger partial charge in [0.15, 0.2) is 0 Å². The van der Waals surface area contributed by atoms with Crippen LogP contribution < -0.4 is 10.0 Å². The molecule has 2 unspecified atom stereocenters. The highest BCUT2D eigenvalue weighted by Crippen LogP contribution is 2.24. The molecule has 0 radical (unpaired) electrons. The molecule has 2 rings (SSSR count). The first-order valence-corrected chi connectivity index (χ1v) is 9.78. The van der Waals surface area contributed by atoms with Crippen molar-refractivity contribution < 1.29 is 13.2 Å². The van der Waals surface area contributed by atoms with Crippen LogP contribution in [-0.2, 0) is 21.3 Å². The van der Waals surface area contributed by atoms with Crippen molar-refractivity contribution in [1.82, 2.24) is 10.0 Å². The normalized spacial score (nSPS) is 20.8. The summed E-state index contributed by atoms with van der Waals surface area (Å²) in [6.07, 6.45) is 1.95. The highest BCUT2D eigenvalue weighted by atomic mass is 32.2. The van der Waals surface area contributed by atoms with E-state index in [9.17, 15) is 8.42 Å². The Hall–Kier alpha value is -0.470. The second kappa shape index (κ2) is 7.69. The fraction of sp³-hybridized carbons (Fsp3) is 0.714. The van der Waals surface area contributed by atoms with Gasteiger partial charge in [0.25, 0.3) is 0 Å². The molecular formula is C14H24N2O3S2. The summed E-state index contributed by atoms with van der Waals surface area (Å²) >= 11 is 1.48. The summed E-state index contributed by atoms with van der Waals surface area (Å²) in [6.45, 7) is 6.85. The maximum Gasteiger partial charge on any atom is 0.241 e. The van der Waals surface area contributed by atoms with Crippen molar-refractivity contribution >= 4 is 21.4 Å². The van der Waals surface area contributed by atoms with E-state index in [4.69, 9.17) is 4.74 Å². The van der Waals surface area contributed by atoms with E-state index in [0.29, 0.717) is 18.0 Å². The monoisotopic (exact) mass is 332 g/mol. The van der Waals surface area contributed by atoms with E-state index in [-0.39, 0.29) is 12.0 Å². The molecule has 0 spiro atoms. The molecule has 1 saturated heterocycles. The van der Waals surface area contributed by atoms with Crippen LogP contribution in [0.15, 0.2) is 16.3 Å². The Kier molecular flexibility index (Phi) is 6.19. The molecule has 1 aliphatic heterocycles. The molecule has 2 heterocycles. The van der Waals surface area contributed by atoms with Gasteiger partial charge in [0.1, 0.15) is 0 Å². The molecule has 21 heavy (non-hydrogen) atoms. The Morgan fingerprint density at radius 3 is 3.00 bits per heavy atom. The van der Waals surface area contributed by atoms with E-state index in [1.54, 1.807) is 6.07 Å². The Bertz CT molecular complexity index is 536. The van der Waals surface area contributed by atoms with E-state index >= 15 is 0 Å². The van der Waals surface area contributed by atoms with Gasteiger partial charge in [-0.1, -0.05) is 6.92 Å². The van der Waals surface area contributed by atoms with E-state index in [1.807, 2.05) is 12.3 Å². The Balaban J connectivity index is 2.03. The van der Waals surface area contributed by atoms with Gasteiger partial charge in [-0.2, -0.15) is 0 Å². The molecule has 0 bridgehead atoms. The highest BCUT2D eigenvalue weighted by Gasteiger charge is 2.28. The van der Waals surface area contributed by atoms with Crippen LogP contribution in [-0.4, -0.2) is 34.2 Å². The molecule has 1 aromatic rings. The van der Waals surface area contributed by atoms with Crippen molar-refractivity contribution in [2.24, 2.45) is 5.92 Å². The van der Waals surface area contributed by atoms with Crippen molar-refractivity contribution in [3.05, 3.63) is 16.3 Å². The van der Waals surface area contributed by atoms with E-state index < -0.39 is 10.0 Å². The van der Waals surface area contributed by atoms with Crippen molar-refractivity contribution in [3.8, 4) is 0 Å². The molecule has 1 fully saturated rings. The van der Waals surface area contributed by atoms with Gasteiger partial charge in [-0.05, 0) is 37.8 Å². The van der Waals surface area contributed by atoms with Crippen molar-refractivity contribution in [1.29, 1.82) is 0 Å². The van der Waals surface area contributed by atoms with Gasteiger partial charge in [-0.25, -0.2) is 13.1 Å². The van der Waals surface area contributed by atoms with Crippen LogP contribution in [0.3, 0.4) is 0 Å². The van der Waals surface area contributed by atoms with Crippen LogP contribution in [0.1, 0.15) is 31.6 Å². The molecule has 0 amide bonds. The molecule has 1 aliphatic rings. The summed E-state index contributed by atoms with van der Waals surface area (Å²) in [5.41, 5.74) is 0. The minimum Gasteiger partial charge on any atom is -0.381 e. The largest absolute Gasteiger partial charge is 0.381 e. The molecule has 0 aromatic carbocycles. The maximum absolute atomic E-state index is 12.5. The van der Waals surface area contributed by atoms with Gasteiger partial charge in [0.2, 0.25) is 10.0 Å². The predicted octanol–water partition coefficient (Wildman–Crippen LogP) is 1.95. The number of sulfonamides is 1. The van der Waals surface area contributed by atoms with Crippen molar-refractivity contribution in [2.75, 3.05) is 19.8 Å². The first-order valence-electron chi connectivity index (χ1n) is 7.41. The number of hydrogen-bond donors (Lipinski definition) is 2. The quantitative estimate of drug-likeness (QED) is 0.714. The predicted molar refractivity (Wildman–Crippen MR) is 85.0 cm³/mol. The van der Waals surface area contributed by atoms with Gasteiger partial charge in [0.05, 0.1) is 11.5 Å². The SMILES string of the molecule is CCCNCc1sccc1S(=O)(=O)NC(C)C1CCOC1. The highest BCUT2D eigenvalue weighted by molar-refractivity contribution is 7.89. The standard InChI is InChI=1S/C14H24N2O3S2/c1-3-6-15-9-13-14(5-8-20-13)21(17,18)16-11(2)12-4-7-19-10-12/h5,8,11-12,15-16H,3-4,6-7,9-10H2,1-2H3. The van der Waals surface area contributed by atoms with Gasteiger partial charge in [-0.3, -0.25) is 0 Å². The Morgan fingerprint density at radius 1 is 1.52 bits per heavy atom. The minimum atomic E-state index is -3.46. The smallest absolute Gasteiger partial charge is 0.241 e. The summed E-state index contributed by atoms with van der Waals surface area (Å²) < 4.78 is 33.2. The van der Waals surface area contributed by atoms with Crippen LogP contribution in [0.25, 0.3) is 0 Å². The van der Waals surface area contributed by atoms with Crippen molar-refractivity contribution in [3.63, 3.8) is 0 Å². The second-order valence-electron chi connectivity index (χ2n) is 5.42. The van der Waals surface area contributed by atoms with Crippen LogP contribution in [0, 0.1) is 5.92 Å². The van der Waals surface area contributed by atoms with Crippen LogP contribution in [0.5, 0.6) is 0 Å². The molecule has 2 N–H and O–H groups in total. The molecule has 7 heteroatoms. The first kappa shape index (κ1) is 16.9. The van der Waals surface area contributed by atoms with Crippen molar-refractivity contribution in [2.45, 2.75) is 44.2 Å². The lowest BCUT2D eigenvalue weighted by atomic mass is 10.0. The summed E-state index contributed by atoms with van der Waals surface area (Å²) in [5.74, 6) is 0.264. The zero-order valence-electron chi connectivity index (χ0n) is 12.6. The summed E-state index contributed by atoms with van der Waals surface area (Å²) in [5, 5.41) is 5.09. The fourth-order valence-corrected chi connectivity index (χ4v) is 5.15. The fourth-order valence-electron chi connectivity index (χ4n) is 2.43. The molecule has 0 aliphatic carbocycles. The van der Waals surface area contributed by atoms with Crippen LogP contribution >= 0.6 is 11.3 Å². The molecular weight excluding hydrogens is 308 g/mol. The zero-order chi connectivity index (χ0) is 15.3. The summed E-state index contributed by atoms with van der Waals surface area (Å²) in [4.78, 5) is 1.27. The molecule has 0 saturated carbocycles. The Morgan fingerprint density at radius 2 is 2.33 bits per heavy atom. The topological polar surface area (TPSA) is 67.4 Å². The molecule has 120 valence electrons. The van der Waals surface area contributed by atoms with Gasteiger partial charge in [-0.15, -0.1) is 11.3 Å². The number of hydrogen-bond acceptors (Lipinski definition) is 5. The number of rotatable bonds is 8. The third-order valence-corrected chi connectivity index (χ3v) is 6.41. The number of nitrogens with one attached hydrogen (secondary N) is 2. The lowest BCUT2D eigenvalue weighted by Gasteiger charge is -2.19. The molecule has 1 aromatic heterocycles. The summed E-state index contributed by atoms with van der Waals surface area (Å²) in [6, 6.07) is 1.59. The van der Waals surface area contributed by atoms with E-state index in [2.05, 4.69) is 17.0 Å². The third-order valence-electron chi connectivity index (χ3n) is 3.72.